The highest BCUT2D eigenvalue weighted by Gasteiger charge is 2.10. The van der Waals surface area contributed by atoms with E-state index in [2.05, 4.69) is 15.6 Å². The first-order valence-corrected chi connectivity index (χ1v) is 7.17. The minimum absolute atomic E-state index is 0. The normalized spacial score (nSPS) is 12.4. The molecule has 23 heavy (non-hydrogen) atoms. The topological polar surface area (TPSA) is 69.8 Å². The zero-order chi connectivity index (χ0) is 15.8. The van der Waals surface area contributed by atoms with Gasteiger partial charge in [0.25, 0.3) is 0 Å². The van der Waals surface area contributed by atoms with E-state index in [4.69, 9.17) is 4.42 Å². The molecule has 7 heteroatoms. The maximum Gasteiger partial charge on any atom is 0.191 e. The van der Waals surface area contributed by atoms with E-state index in [1.807, 2.05) is 6.92 Å². The summed E-state index contributed by atoms with van der Waals surface area (Å²) in [5.74, 6) is 0.818. The summed E-state index contributed by atoms with van der Waals surface area (Å²) in [4.78, 5) is 4.40. The zero-order valence-corrected chi connectivity index (χ0v) is 15.2. The molecule has 5 nitrogen and oxygen atoms in total. The lowest BCUT2D eigenvalue weighted by atomic mass is 10.2. The van der Waals surface area contributed by atoms with Crippen LogP contribution in [0.3, 0.4) is 0 Å². The second kappa shape index (κ2) is 10.2. The van der Waals surface area contributed by atoms with Crippen LogP contribution in [0.5, 0.6) is 0 Å². The fraction of sp³-hybridized carbons (Fsp3) is 0.312. The molecule has 2 rings (SSSR count). The molecule has 0 aliphatic heterocycles. The number of rotatable bonds is 6. The van der Waals surface area contributed by atoms with Crippen molar-refractivity contribution in [1.29, 1.82) is 0 Å². The number of hydrogen-bond donors (Lipinski definition) is 3. The summed E-state index contributed by atoms with van der Waals surface area (Å²) in [5.41, 5.74) is 0.908. The molecule has 1 atom stereocenters. The lowest BCUT2D eigenvalue weighted by Crippen LogP contribution is -2.39. The summed E-state index contributed by atoms with van der Waals surface area (Å²) in [6.45, 7) is 3.36. The summed E-state index contributed by atoms with van der Waals surface area (Å²) in [5, 5.41) is 16.1. The number of aliphatic hydroxyl groups excluding tert-OH is 1. The average molecular weight is 433 g/mol. The molecule has 1 aromatic carbocycles. The maximum absolute atomic E-state index is 12.9. The van der Waals surface area contributed by atoms with Crippen LogP contribution < -0.4 is 10.6 Å². The molecule has 2 aromatic rings. The molecule has 0 spiro atoms. The summed E-state index contributed by atoms with van der Waals surface area (Å²) < 4.78 is 18.0. The molecule has 0 aliphatic rings. The summed E-state index contributed by atoms with van der Waals surface area (Å²) in [6.07, 6.45) is 0.775. The van der Waals surface area contributed by atoms with Crippen LogP contribution in [0.25, 0.3) is 0 Å². The highest BCUT2D eigenvalue weighted by Crippen LogP contribution is 2.11. The third kappa shape index (κ3) is 6.57. The number of aliphatic hydroxyl groups is 1. The third-order valence-corrected chi connectivity index (χ3v) is 3.01. The molecule has 0 aliphatic carbocycles. The van der Waals surface area contributed by atoms with E-state index in [1.54, 1.807) is 24.3 Å². The fourth-order valence-electron chi connectivity index (χ4n) is 1.88. The number of nitrogens with zero attached hydrogens (tertiary/aromatic N) is 1. The summed E-state index contributed by atoms with van der Waals surface area (Å²) >= 11 is 0. The van der Waals surface area contributed by atoms with Crippen LogP contribution >= 0.6 is 24.0 Å². The summed E-state index contributed by atoms with van der Waals surface area (Å²) in [6, 6.07) is 9.65. The Morgan fingerprint density at radius 3 is 2.61 bits per heavy atom. The molecule has 1 unspecified atom stereocenters. The molecule has 0 saturated heterocycles. The van der Waals surface area contributed by atoms with E-state index in [0.29, 0.717) is 24.8 Å². The van der Waals surface area contributed by atoms with Gasteiger partial charge in [-0.3, -0.25) is 0 Å². The highest BCUT2D eigenvalue weighted by atomic mass is 127. The maximum atomic E-state index is 12.9. The van der Waals surface area contributed by atoms with Crippen LogP contribution in [-0.4, -0.2) is 24.2 Å². The second-order valence-corrected chi connectivity index (χ2v) is 4.73. The van der Waals surface area contributed by atoms with Crippen LogP contribution in [0, 0.1) is 5.82 Å². The van der Waals surface area contributed by atoms with Gasteiger partial charge in [0.15, 0.2) is 5.96 Å². The molecule has 0 amide bonds. The summed E-state index contributed by atoms with van der Waals surface area (Å²) in [7, 11) is 0. The Balaban J connectivity index is 0.00000264. The van der Waals surface area contributed by atoms with E-state index in [0.717, 1.165) is 5.56 Å². The molecular formula is C16H21FIN3O2. The van der Waals surface area contributed by atoms with Crippen molar-refractivity contribution in [2.45, 2.75) is 19.6 Å². The Morgan fingerprint density at radius 1 is 1.26 bits per heavy atom. The van der Waals surface area contributed by atoms with E-state index >= 15 is 0 Å². The van der Waals surface area contributed by atoms with Gasteiger partial charge < -0.3 is 20.2 Å². The number of aliphatic imine (C=N–C) groups is 1. The van der Waals surface area contributed by atoms with Crippen molar-refractivity contribution in [1.82, 2.24) is 10.6 Å². The monoisotopic (exact) mass is 433 g/mol. The zero-order valence-electron chi connectivity index (χ0n) is 12.8. The number of hydrogen-bond acceptors (Lipinski definition) is 3. The SMILES string of the molecule is CCNC(=NCc1ccc(F)cc1)NCC(O)c1ccco1.I. The number of benzene rings is 1. The van der Waals surface area contributed by atoms with Gasteiger partial charge in [-0.25, -0.2) is 9.38 Å². The van der Waals surface area contributed by atoms with E-state index in [-0.39, 0.29) is 36.3 Å². The predicted octanol–water partition coefficient (Wildman–Crippen LogP) is 2.83. The Hall–Kier alpha value is -1.61. The number of halogens is 2. The van der Waals surface area contributed by atoms with Gasteiger partial charge in [-0.05, 0) is 36.8 Å². The smallest absolute Gasteiger partial charge is 0.191 e. The number of guanidine groups is 1. The molecule has 126 valence electrons. The van der Waals surface area contributed by atoms with Crippen molar-refractivity contribution in [3.63, 3.8) is 0 Å². The van der Waals surface area contributed by atoms with Gasteiger partial charge in [-0.1, -0.05) is 12.1 Å². The minimum atomic E-state index is -0.746. The average Bonchev–Trinajstić information content (AvgIpc) is 3.06. The van der Waals surface area contributed by atoms with Crippen molar-refractivity contribution >= 4 is 29.9 Å². The van der Waals surface area contributed by atoms with E-state index in [1.165, 1.54) is 18.4 Å². The first-order valence-electron chi connectivity index (χ1n) is 7.17. The molecule has 0 saturated carbocycles. The van der Waals surface area contributed by atoms with Crippen LogP contribution in [0.15, 0.2) is 52.1 Å². The van der Waals surface area contributed by atoms with Crippen LogP contribution in [-0.2, 0) is 6.54 Å². The van der Waals surface area contributed by atoms with Crippen LogP contribution in [0.1, 0.15) is 24.4 Å². The lowest BCUT2D eigenvalue weighted by Gasteiger charge is -2.13. The van der Waals surface area contributed by atoms with E-state index < -0.39 is 6.10 Å². The van der Waals surface area contributed by atoms with Crippen LogP contribution in [0.2, 0.25) is 0 Å². The number of nitrogens with one attached hydrogen (secondary N) is 2. The van der Waals surface area contributed by atoms with Gasteiger partial charge >= 0.3 is 0 Å². The highest BCUT2D eigenvalue weighted by molar-refractivity contribution is 14.0. The Bertz CT molecular complexity index is 588. The Labute approximate surface area is 152 Å². The first kappa shape index (κ1) is 19.4. The van der Waals surface area contributed by atoms with Gasteiger partial charge in [0, 0.05) is 6.54 Å². The van der Waals surface area contributed by atoms with Gasteiger partial charge in [0.1, 0.15) is 17.7 Å². The molecular weight excluding hydrogens is 412 g/mol. The van der Waals surface area contributed by atoms with Crippen molar-refractivity contribution in [2.75, 3.05) is 13.1 Å². The molecule has 0 bridgehead atoms. The quantitative estimate of drug-likeness (QED) is 0.373. The molecule has 1 aromatic heterocycles. The molecule has 0 radical (unpaired) electrons. The molecule has 0 fully saturated rings. The Kier molecular flexibility index (Phi) is 8.64. The van der Waals surface area contributed by atoms with Gasteiger partial charge in [0.2, 0.25) is 0 Å². The number of furan rings is 1. The van der Waals surface area contributed by atoms with Crippen molar-refractivity contribution in [3.05, 3.63) is 59.8 Å². The van der Waals surface area contributed by atoms with E-state index in [9.17, 15) is 9.50 Å². The van der Waals surface area contributed by atoms with Gasteiger partial charge in [-0.2, -0.15) is 0 Å². The van der Waals surface area contributed by atoms with Crippen molar-refractivity contribution < 1.29 is 13.9 Å². The van der Waals surface area contributed by atoms with Crippen LogP contribution in [0.4, 0.5) is 4.39 Å². The second-order valence-electron chi connectivity index (χ2n) is 4.73. The van der Waals surface area contributed by atoms with Crippen molar-refractivity contribution in [3.8, 4) is 0 Å². The molecule has 3 N–H and O–H groups in total. The lowest BCUT2D eigenvalue weighted by molar-refractivity contribution is 0.153. The molecule has 1 heterocycles. The third-order valence-electron chi connectivity index (χ3n) is 3.01. The standard InChI is InChI=1S/C16H20FN3O2.HI/c1-2-18-16(19-10-12-5-7-13(17)8-6-12)20-11-14(21)15-4-3-9-22-15;/h3-9,14,21H,2,10-11H2,1H3,(H2,18,19,20);1H. The van der Waals surface area contributed by atoms with Gasteiger partial charge in [0.05, 0.1) is 19.4 Å². The first-order chi connectivity index (χ1) is 10.7. The van der Waals surface area contributed by atoms with Crippen molar-refractivity contribution in [2.24, 2.45) is 4.99 Å². The predicted molar refractivity (Wildman–Crippen MR) is 98.3 cm³/mol. The Morgan fingerprint density at radius 2 is 2.00 bits per heavy atom. The fourth-order valence-corrected chi connectivity index (χ4v) is 1.88. The minimum Gasteiger partial charge on any atom is -0.467 e. The van der Waals surface area contributed by atoms with Gasteiger partial charge in [-0.15, -0.1) is 24.0 Å². The largest absolute Gasteiger partial charge is 0.467 e.